The van der Waals surface area contributed by atoms with Gasteiger partial charge in [0.15, 0.2) is 5.82 Å². The monoisotopic (exact) mass is 413 g/mol. The molecule has 1 saturated heterocycles. The summed E-state index contributed by atoms with van der Waals surface area (Å²) in [5.74, 6) is 0.345. The normalized spacial score (nSPS) is 15.7. The van der Waals surface area contributed by atoms with Crippen molar-refractivity contribution in [3.63, 3.8) is 0 Å². The Hall–Kier alpha value is -2.78. The molecule has 8 nitrogen and oxygen atoms in total. The minimum Gasteiger partial charge on any atom is -0.349 e. The lowest BCUT2D eigenvalue weighted by molar-refractivity contribution is 0.383. The summed E-state index contributed by atoms with van der Waals surface area (Å²) in [7, 11) is -1.87. The van der Waals surface area contributed by atoms with Crippen molar-refractivity contribution in [1.82, 2.24) is 18.8 Å². The van der Waals surface area contributed by atoms with E-state index in [0.717, 1.165) is 5.56 Å². The van der Waals surface area contributed by atoms with Gasteiger partial charge in [-0.25, -0.2) is 13.4 Å². The number of aryl methyl sites for hydroxylation is 2. The number of benzene rings is 1. The lowest BCUT2D eigenvalue weighted by atomic mass is 10.2. The van der Waals surface area contributed by atoms with Crippen LogP contribution in [-0.4, -0.2) is 53.4 Å². The highest BCUT2D eigenvalue weighted by Gasteiger charge is 2.31. The van der Waals surface area contributed by atoms with E-state index in [9.17, 15) is 13.2 Å². The first kappa shape index (κ1) is 19.5. The first-order valence-corrected chi connectivity index (χ1v) is 11.0. The van der Waals surface area contributed by atoms with Gasteiger partial charge in [0.05, 0.1) is 22.1 Å². The fourth-order valence-corrected chi connectivity index (χ4v) is 5.40. The second-order valence-electron chi connectivity index (χ2n) is 7.02. The number of piperazine rings is 1. The molecule has 0 bridgehead atoms. The minimum absolute atomic E-state index is 0.210. The molecular weight excluding hydrogens is 390 g/mol. The Morgan fingerprint density at radius 2 is 1.79 bits per heavy atom. The standard InChI is InChI=1S/C20H23N5O3S/c1-3-15-6-4-5-7-18(15)29(27,28)25-12-10-24(11-13-25)19-20(26)23(2)17-14-21-9-8-16(17)22-19/h4-9,14H,3,10-13H2,1-2H3. The van der Waals surface area contributed by atoms with Gasteiger partial charge in [0.1, 0.15) is 0 Å². The van der Waals surface area contributed by atoms with E-state index in [1.165, 1.54) is 8.87 Å². The summed E-state index contributed by atoms with van der Waals surface area (Å²) in [5, 5.41) is 0. The van der Waals surface area contributed by atoms with E-state index in [-0.39, 0.29) is 5.56 Å². The molecule has 4 rings (SSSR count). The number of fused-ring (bicyclic) bond motifs is 1. The van der Waals surface area contributed by atoms with Crippen LogP contribution in [0, 0.1) is 0 Å². The fraction of sp³-hybridized carbons (Fsp3) is 0.350. The lowest BCUT2D eigenvalue weighted by Gasteiger charge is -2.34. The summed E-state index contributed by atoms with van der Waals surface area (Å²) in [6.45, 7) is 3.38. The quantitative estimate of drug-likeness (QED) is 0.643. The SMILES string of the molecule is CCc1ccccc1S(=O)(=O)N1CCN(c2nc3ccncc3n(C)c2=O)CC1. The topological polar surface area (TPSA) is 88.4 Å². The molecule has 1 aliphatic rings. The molecular formula is C20H23N5O3S. The van der Waals surface area contributed by atoms with E-state index in [1.807, 2.05) is 24.0 Å². The number of pyridine rings is 1. The number of nitrogens with zero attached hydrogens (tertiary/aromatic N) is 5. The van der Waals surface area contributed by atoms with Crippen molar-refractivity contribution in [2.45, 2.75) is 18.2 Å². The smallest absolute Gasteiger partial charge is 0.293 e. The lowest BCUT2D eigenvalue weighted by Crippen LogP contribution is -2.50. The van der Waals surface area contributed by atoms with Gasteiger partial charge in [-0.05, 0) is 24.1 Å². The fourth-order valence-electron chi connectivity index (χ4n) is 3.69. The third-order valence-corrected chi connectivity index (χ3v) is 7.37. The van der Waals surface area contributed by atoms with Gasteiger partial charge in [0.25, 0.3) is 5.56 Å². The molecule has 9 heteroatoms. The molecule has 152 valence electrons. The number of sulfonamides is 1. The van der Waals surface area contributed by atoms with Crippen LogP contribution in [0.2, 0.25) is 0 Å². The van der Waals surface area contributed by atoms with E-state index >= 15 is 0 Å². The maximum absolute atomic E-state index is 13.1. The molecule has 2 aromatic heterocycles. The Morgan fingerprint density at radius 3 is 2.52 bits per heavy atom. The number of rotatable bonds is 4. The largest absolute Gasteiger partial charge is 0.349 e. The molecule has 0 N–H and O–H groups in total. The van der Waals surface area contributed by atoms with Crippen molar-refractivity contribution >= 4 is 26.9 Å². The molecule has 0 radical (unpaired) electrons. The van der Waals surface area contributed by atoms with Crippen LogP contribution in [-0.2, 0) is 23.5 Å². The Morgan fingerprint density at radius 1 is 1.07 bits per heavy atom. The van der Waals surface area contributed by atoms with E-state index in [4.69, 9.17) is 0 Å². The zero-order chi connectivity index (χ0) is 20.6. The van der Waals surface area contributed by atoms with Crippen molar-refractivity contribution in [3.8, 4) is 0 Å². The second-order valence-corrected chi connectivity index (χ2v) is 8.92. The highest BCUT2D eigenvalue weighted by molar-refractivity contribution is 7.89. The molecule has 0 amide bonds. The molecule has 3 heterocycles. The maximum atomic E-state index is 13.1. The van der Waals surface area contributed by atoms with Crippen LogP contribution in [0.4, 0.5) is 5.82 Å². The van der Waals surface area contributed by atoms with Crippen LogP contribution in [0.1, 0.15) is 12.5 Å². The molecule has 1 aromatic carbocycles. The van der Waals surface area contributed by atoms with Gasteiger partial charge in [-0.2, -0.15) is 4.31 Å². The van der Waals surface area contributed by atoms with Crippen molar-refractivity contribution in [2.75, 3.05) is 31.1 Å². The number of hydrogen-bond donors (Lipinski definition) is 0. The van der Waals surface area contributed by atoms with Gasteiger partial charge in [-0.1, -0.05) is 25.1 Å². The number of aromatic nitrogens is 3. The average Bonchev–Trinajstić information content (AvgIpc) is 2.76. The van der Waals surface area contributed by atoms with Crippen LogP contribution in [0.25, 0.3) is 11.0 Å². The summed E-state index contributed by atoms with van der Waals surface area (Å²) in [5.41, 5.74) is 1.95. The van der Waals surface area contributed by atoms with Crippen LogP contribution < -0.4 is 10.5 Å². The average molecular weight is 414 g/mol. The Labute approximate surface area is 169 Å². The maximum Gasteiger partial charge on any atom is 0.293 e. The number of anilines is 1. The van der Waals surface area contributed by atoms with Gasteiger partial charge in [0, 0.05) is 39.4 Å². The highest BCUT2D eigenvalue weighted by Crippen LogP contribution is 2.23. The summed E-state index contributed by atoms with van der Waals surface area (Å²) in [4.78, 5) is 23.6. The summed E-state index contributed by atoms with van der Waals surface area (Å²) in [6, 6.07) is 8.88. The van der Waals surface area contributed by atoms with Gasteiger partial charge in [0.2, 0.25) is 10.0 Å². The molecule has 0 unspecified atom stereocenters. The third-order valence-electron chi connectivity index (χ3n) is 5.37. The molecule has 0 aliphatic carbocycles. The zero-order valence-corrected chi connectivity index (χ0v) is 17.3. The van der Waals surface area contributed by atoms with Gasteiger partial charge in [-0.3, -0.25) is 9.78 Å². The predicted octanol–water partition coefficient (Wildman–Crippen LogP) is 1.40. The van der Waals surface area contributed by atoms with E-state index in [0.29, 0.717) is 54.3 Å². The summed E-state index contributed by atoms with van der Waals surface area (Å²) < 4.78 is 29.3. The molecule has 1 aliphatic heterocycles. The Kier molecular flexibility index (Phi) is 5.10. The molecule has 0 saturated carbocycles. The van der Waals surface area contributed by atoms with E-state index in [2.05, 4.69) is 9.97 Å². The van der Waals surface area contributed by atoms with Crippen LogP contribution in [0.15, 0.2) is 52.4 Å². The summed E-state index contributed by atoms with van der Waals surface area (Å²) in [6.07, 6.45) is 3.91. The summed E-state index contributed by atoms with van der Waals surface area (Å²) >= 11 is 0. The molecule has 1 fully saturated rings. The molecule has 3 aromatic rings. The minimum atomic E-state index is -3.57. The van der Waals surface area contributed by atoms with Crippen LogP contribution >= 0.6 is 0 Å². The van der Waals surface area contributed by atoms with Gasteiger partial charge >= 0.3 is 0 Å². The molecule has 0 atom stereocenters. The van der Waals surface area contributed by atoms with Gasteiger partial charge < -0.3 is 9.47 Å². The third kappa shape index (κ3) is 3.40. The Balaban J connectivity index is 1.60. The number of hydrogen-bond acceptors (Lipinski definition) is 6. The zero-order valence-electron chi connectivity index (χ0n) is 16.4. The van der Waals surface area contributed by atoms with Crippen molar-refractivity contribution in [1.29, 1.82) is 0 Å². The van der Waals surface area contributed by atoms with Crippen LogP contribution in [0.5, 0.6) is 0 Å². The van der Waals surface area contributed by atoms with Gasteiger partial charge in [-0.15, -0.1) is 0 Å². The molecule has 29 heavy (non-hydrogen) atoms. The molecule has 0 spiro atoms. The van der Waals surface area contributed by atoms with Crippen molar-refractivity contribution in [3.05, 3.63) is 58.6 Å². The van der Waals surface area contributed by atoms with Crippen molar-refractivity contribution < 1.29 is 8.42 Å². The van der Waals surface area contributed by atoms with E-state index < -0.39 is 10.0 Å². The van der Waals surface area contributed by atoms with E-state index in [1.54, 1.807) is 37.6 Å². The van der Waals surface area contributed by atoms with Crippen LogP contribution in [0.3, 0.4) is 0 Å². The predicted molar refractivity (Wildman–Crippen MR) is 112 cm³/mol. The highest BCUT2D eigenvalue weighted by atomic mass is 32.2. The first-order valence-electron chi connectivity index (χ1n) is 9.57. The first-order chi connectivity index (χ1) is 13.9. The van der Waals surface area contributed by atoms with Crippen molar-refractivity contribution in [2.24, 2.45) is 7.05 Å². The second kappa shape index (κ2) is 7.57. The Bertz CT molecular complexity index is 1210.